The van der Waals surface area contributed by atoms with Crippen molar-refractivity contribution in [3.8, 4) is 0 Å². The van der Waals surface area contributed by atoms with Crippen LogP contribution in [-0.4, -0.2) is 15.1 Å². The maximum absolute atomic E-state index is 14.0. The molecule has 0 aliphatic rings. The number of aryl methyl sites for hydroxylation is 2. The number of aromatic nitrogens is 2. The first-order valence-corrected chi connectivity index (χ1v) is 7.18. The molecule has 1 aromatic carbocycles. The van der Waals surface area contributed by atoms with Gasteiger partial charge in [0.1, 0.15) is 5.82 Å². The zero-order valence-electron chi connectivity index (χ0n) is 11.9. The Kier molecular flexibility index (Phi) is 4.40. The number of aliphatic hydroxyl groups is 1. The van der Waals surface area contributed by atoms with Crippen molar-refractivity contribution in [2.75, 3.05) is 0 Å². The summed E-state index contributed by atoms with van der Waals surface area (Å²) in [6.45, 7) is 7.39. The molecule has 1 atom stereocenters. The summed E-state index contributed by atoms with van der Waals surface area (Å²) >= 11 is 1.15. The van der Waals surface area contributed by atoms with Crippen molar-refractivity contribution in [1.29, 1.82) is 0 Å². The van der Waals surface area contributed by atoms with Crippen LogP contribution in [0, 0.1) is 26.6 Å². The van der Waals surface area contributed by atoms with Crippen LogP contribution in [0.1, 0.15) is 35.5 Å². The highest BCUT2D eigenvalue weighted by Gasteiger charge is 2.16. The molecule has 0 fully saturated rings. The predicted octanol–water partition coefficient (Wildman–Crippen LogP) is 3.75. The minimum atomic E-state index is -0.735. The molecule has 0 saturated heterocycles. The van der Waals surface area contributed by atoms with E-state index in [1.165, 1.54) is 6.07 Å². The van der Waals surface area contributed by atoms with Gasteiger partial charge in [-0.15, -0.1) is 0 Å². The van der Waals surface area contributed by atoms with Crippen molar-refractivity contribution >= 4 is 11.8 Å². The zero-order chi connectivity index (χ0) is 14.9. The van der Waals surface area contributed by atoms with E-state index in [0.717, 1.165) is 28.7 Å². The normalized spacial score (nSPS) is 12.5. The number of rotatable bonds is 3. The fourth-order valence-electron chi connectivity index (χ4n) is 1.84. The third-order valence-corrected chi connectivity index (χ3v) is 4.25. The smallest absolute Gasteiger partial charge is 0.193 e. The zero-order valence-corrected chi connectivity index (χ0v) is 12.8. The van der Waals surface area contributed by atoms with E-state index in [-0.39, 0.29) is 5.82 Å². The second-order valence-corrected chi connectivity index (χ2v) is 5.72. The van der Waals surface area contributed by atoms with Crippen molar-refractivity contribution in [2.45, 2.75) is 43.9 Å². The van der Waals surface area contributed by atoms with Crippen LogP contribution in [-0.2, 0) is 0 Å². The Morgan fingerprint density at radius 3 is 2.30 bits per heavy atom. The molecule has 0 bridgehead atoms. The van der Waals surface area contributed by atoms with Crippen molar-refractivity contribution < 1.29 is 9.50 Å². The standard InChI is InChI=1S/C15H17FN2OS/c1-8-9(2)17-15(18-10(8)3)20-14-12(11(4)19)6-5-7-13(14)16/h5-7,11,19H,1-4H3/t11-/m0/s1. The third-order valence-electron chi connectivity index (χ3n) is 3.25. The summed E-state index contributed by atoms with van der Waals surface area (Å²) in [5, 5.41) is 10.2. The van der Waals surface area contributed by atoms with E-state index < -0.39 is 6.10 Å². The molecule has 5 heteroatoms. The van der Waals surface area contributed by atoms with Crippen LogP contribution in [0.3, 0.4) is 0 Å². The molecular formula is C15H17FN2OS. The van der Waals surface area contributed by atoms with Gasteiger partial charge in [-0.05, 0) is 56.7 Å². The molecule has 0 aliphatic heterocycles. The summed E-state index contributed by atoms with van der Waals surface area (Å²) < 4.78 is 14.0. The van der Waals surface area contributed by atoms with E-state index in [1.807, 2.05) is 20.8 Å². The second-order valence-electron chi connectivity index (χ2n) is 4.74. The Labute approximate surface area is 122 Å². The Morgan fingerprint density at radius 1 is 1.15 bits per heavy atom. The van der Waals surface area contributed by atoms with Crippen LogP contribution in [0.15, 0.2) is 28.3 Å². The van der Waals surface area contributed by atoms with E-state index in [4.69, 9.17) is 0 Å². The molecule has 20 heavy (non-hydrogen) atoms. The summed E-state index contributed by atoms with van der Waals surface area (Å²) in [5.41, 5.74) is 3.36. The van der Waals surface area contributed by atoms with Gasteiger partial charge in [0.25, 0.3) is 0 Å². The average Bonchev–Trinajstić information content (AvgIpc) is 2.38. The molecular weight excluding hydrogens is 275 g/mol. The first kappa shape index (κ1) is 14.9. The number of nitrogens with zero attached hydrogens (tertiary/aromatic N) is 2. The topological polar surface area (TPSA) is 46.0 Å². The van der Waals surface area contributed by atoms with Gasteiger partial charge in [0, 0.05) is 11.4 Å². The number of halogens is 1. The molecule has 0 unspecified atom stereocenters. The lowest BCUT2D eigenvalue weighted by atomic mass is 10.1. The fraction of sp³-hybridized carbons (Fsp3) is 0.333. The number of hydrogen-bond acceptors (Lipinski definition) is 4. The summed E-state index contributed by atoms with van der Waals surface area (Å²) in [5.74, 6) is -0.368. The van der Waals surface area contributed by atoms with E-state index in [1.54, 1.807) is 19.1 Å². The van der Waals surface area contributed by atoms with Gasteiger partial charge in [-0.2, -0.15) is 0 Å². The SMILES string of the molecule is Cc1nc(Sc2c(F)cccc2[C@H](C)O)nc(C)c1C. The molecule has 0 saturated carbocycles. The Bertz CT molecular complexity index is 621. The molecule has 106 valence electrons. The summed E-state index contributed by atoms with van der Waals surface area (Å²) in [7, 11) is 0. The highest BCUT2D eigenvalue weighted by atomic mass is 32.2. The van der Waals surface area contributed by atoms with Gasteiger partial charge < -0.3 is 5.11 Å². The van der Waals surface area contributed by atoms with Crippen LogP contribution < -0.4 is 0 Å². The minimum Gasteiger partial charge on any atom is -0.389 e. The van der Waals surface area contributed by atoms with Gasteiger partial charge >= 0.3 is 0 Å². The molecule has 0 amide bonds. The van der Waals surface area contributed by atoms with Gasteiger partial charge in [-0.25, -0.2) is 14.4 Å². The molecule has 0 aliphatic carbocycles. The van der Waals surface area contributed by atoms with Crippen molar-refractivity contribution in [3.05, 3.63) is 46.5 Å². The Morgan fingerprint density at radius 2 is 1.75 bits per heavy atom. The van der Waals surface area contributed by atoms with E-state index in [2.05, 4.69) is 9.97 Å². The molecule has 1 heterocycles. The fourth-order valence-corrected chi connectivity index (χ4v) is 2.91. The maximum atomic E-state index is 14.0. The quantitative estimate of drug-likeness (QED) is 0.875. The van der Waals surface area contributed by atoms with Gasteiger partial charge in [-0.3, -0.25) is 0 Å². The second kappa shape index (κ2) is 5.89. The monoisotopic (exact) mass is 292 g/mol. The Balaban J connectivity index is 2.45. The van der Waals surface area contributed by atoms with E-state index >= 15 is 0 Å². The highest BCUT2D eigenvalue weighted by molar-refractivity contribution is 7.99. The van der Waals surface area contributed by atoms with Crippen molar-refractivity contribution in [1.82, 2.24) is 9.97 Å². The van der Waals surface area contributed by atoms with Crippen molar-refractivity contribution in [3.63, 3.8) is 0 Å². The summed E-state index contributed by atoms with van der Waals surface area (Å²) in [6.07, 6.45) is -0.735. The number of hydrogen-bond donors (Lipinski definition) is 1. The molecule has 2 rings (SSSR count). The van der Waals surface area contributed by atoms with Crippen LogP contribution in [0.2, 0.25) is 0 Å². The average molecular weight is 292 g/mol. The molecule has 0 spiro atoms. The predicted molar refractivity (Wildman–Crippen MR) is 77.4 cm³/mol. The van der Waals surface area contributed by atoms with Gasteiger partial charge in [-0.1, -0.05) is 12.1 Å². The summed E-state index contributed by atoms with van der Waals surface area (Å²) in [4.78, 5) is 9.13. The molecule has 0 radical (unpaired) electrons. The van der Waals surface area contributed by atoms with E-state index in [9.17, 15) is 9.50 Å². The maximum Gasteiger partial charge on any atom is 0.193 e. The molecule has 2 aromatic rings. The third kappa shape index (κ3) is 2.99. The first-order chi connectivity index (χ1) is 9.40. The van der Waals surface area contributed by atoms with Crippen LogP contribution in [0.4, 0.5) is 4.39 Å². The van der Waals surface area contributed by atoms with Gasteiger partial charge in [0.15, 0.2) is 5.16 Å². The van der Waals surface area contributed by atoms with E-state index in [0.29, 0.717) is 15.6 Å². The molecule has 1 N–H and O–H groups in total. The largest absolute Gasteiger partial charge is 0.389 e. The first-order valence-electron chi connectivity index (χ1n) is 6.36. The Hall–Kier alpha value is -1.46. The highest BCUT2D eigenvalue weighted by Crippen LogP contribution is 2.34. The van der Waals surface area contributed by atoms with Gasteiger partial charge in [0.05, 0.1) is 11.0 Å². The molecule has 1 aromatic heterocycles. The molecule has 3 nitrogen and oxygen atoms in total. The van der Waals surface area contributed by atoms with Crippen molar-refractivity contribution in [2.24, 2.45) is 0 Å². The number of benzene rings is 1. The van der Waals surface area contributed by atoms with Crippen LogP contribution >= 0.6 is 11.8 Å². The lowest BCUT2D eigenvalue weighted by molar-refractivity contribution is 0.195. The van der Waals surface area contributed by atoms with Crippen LogP contribution in [0.5, 0.6) is 0 Å². The lowest BCUT2D eigenvalue weighted by Crippen LogP contribution is -2.00. The summed E-state index contributed by atoms with van der Waals surface area (Å²) in [6, 6.07) is 4.68. The van der Waals surface area contributed by atoms with Gasteiger partial charge in [0.2, 0.25) is 0 Å². The lowest BCUT2D eigenvalue weighted by Gasteiger charge is -2.12. The minimum absolute atomic E-state index is 0.368. The number of aliphatic hydroxyl groups excluding tert-OH is 1. The van der Waals surface area contributed by atoms with Crippen LogP contribution in [0.25, 0.3) is 0 Å².